The normalized spacial score (nSPS) is 10.9. The van der Waals surface area contributed by atoms with Crippen molar-refractivity contribution in [1.82, 2.24) is 19.3 Å². The summed E-state index contributed by atoms with van der Waals surface area (Å²) in [5, 5.41) is 3.74. The Labute approximate surface area is 162 Å². The lowest BCUT2D eigenvalue weighted by Crippen LogP contribution is -2.40. The van der Waals surface area contributed by atoms with Gasteiger partial charge in [0.05, 0.1) is 5.02 Å². The van der Waals surface area contributed by atoms with E-state index in [1.807, 2.05) is 6.07 Å². The van der Waals surface area contributed by atoms with E-state index >= 15 is 0 Å². The van der Waals surface area contributed by atoms with Gasteiger partial charge in [-0.25, -0.2) is 4.39 Å². The first-order valence-electron chi connectivity index (χ1n) is 8.18. The molecule has 2 aromatic heterocycles. The minimum absolute atomic E-state index is 0.0652. The number of hydrogen-bond donors (Lipinski definition) is 0. The standard InChI is InChI=1S/C19H12ClFN4O3/c20-14-10-12(6-7-15(14)21)17-22-16(28-23-17)11-24-8-9-25(19(27)18(24)26)13-4-2-1-3-5-13/h1-10H,11H2. The Morgan fingerprint density at radius 3 is 2.57 bits per heavy atom. The van der Waals surface area contributed by atoms with E-state index in [-0.39, 0.29) is 23.3 Å². The van der Waals surface area contributed by atoms with Crippen molar-refractivity contribution in [3.63, 3.8) is 0 Å². The van der Waals surface area contributed by atoms with Crippen LogP contribution in [-0.2, 0) is 6.54 Å². The van der Waals surface area contributed by atoms with E-state index in [1.165, 1.54) is 39.7 Å². The first-order chi connectivity index (χ1) is 13.5. The maximum atomic E-state index is 13.3. The van der Waals surface area contributed by atoms with Crippen LogP contribution in [0.1, 0.15) is 5.89 Å². The molecular weight excluding hydrogens is 387 g/mol. The third kappa shape index (κ3) is 3.37. The molecule has 0 amide bonds. The molecule has 0 aliphatic heterocycles. The van der Waals surface area contributed by atoms with Gasteiger partial charge in [-0.05, 0) is 30.3 Å². The van der Waals surface area contributed by atoms with E-state index in [1.54, 1.807) is 24.3 Å². The number of halogens is 2. The molecule has 28 heavy (non-hydrogen) atoms. The molecule has 0 bridgehead atoms. The molecule has 0 radical (unpaired) electrons. The molecule has 2 aromatic carbocycles. The van der Waals surface area contributed by atoms with E-state index < -0.39 is 16.9 Å². The predicted molar refractivity (Wildman–Crippen MR) is 100 cm³/mol. The molecule has 4 rings (SSSR count). The lowest BCUT2D eigenvalue weighted by molar-refractivity contribution is 0.369. The highest BCUT2D eigenvalue weighted by Crippen LogP contribution is 2.22. The molecule has 0 unspecified atom stereocenters. The van der Waals surface area contributed by atoms with Crippen LogP contribution in [-0.4, -0.2) is 19.3 Å². The van der Waals surface area contributed by atoms with Crippen molar-refractivity contribution in [3.05, 3.63) is 98.4 Å². The highest BCUT2D eigenvalue weighted by atomic mass is 35.5. The van der Waals surface area contributed by atoms with Gasteiger partial charge in [0.25, 0.3) is 0 Å². The molecule has 7 nitrogen and oxygen atoms in total. The number of nitrogens with zero attached hydrogens (tertiary/aromatic N) is 4. The summed E-state index contributed by atoms with van der Waals surface area (Å²) in [7, 11) is 0. The fourth-order valence-electron chi connectivity index (χ4n) is 2.64. The molecule has 2 heterocycles. The zero-order valence-corrected chi connectivity index (χ0v) is 15.0. The van der Waals surface area contributed by atoms with Crippen LogP contribution in [0.15, 0.2) is 75.0 Å². The Balaban J connectivity index is 1.63. The van der Waals surface area contributed by atoms with Gasteiger partial charge in [0.2, 0.25) is 11.7 Å². The summed E-state index contributed by atoms with van der Waals surface area (Å²) < 4.78 is 20.9. The Hall–Kier alpha value is -3.52. The monoisotopic (exact) mass is 398 g/mol. The maximum absolute atomic E-state index is 13.3. The highest BCUT2D eigenvalue weighted by molar-refractivity contribution is 6.31. The van der Waals surface area contributed by atoms with E-state index in [4.69, 9.17) is 16.1 Å². The van der Waals surface area contributed by atoms with Crippen molar-refractivity contribution < 1.29 is 8.91 Å². The number of para-hydroxylation sites is 1. The fourth-order valence-corrected chi connectivity index (χ4v) is 2.82. The van der Waals surface area contributed by atoms with Gasteiger partial charge in [0, 0.05) is 23.6 Å². The molecule has 0 aliphatic carbocycles. The number of benzene rings is 2. The molecule has 0 saturated heterocycles. The predicted octanol–water partition coefficient (Wildman–Crippen LogP) is 2.89. The second kappa shape index (κ2) is 7.24. The van der Waals surface area contributed by atoms with E-state index in [0.29, 0.717) is 11.3 Å². The molecular formula is C19H12ClFN4O3. The summed E-state index contributed by atoms with van der Waals surface area (Å²) in [6.45, 7) is -0.0777. The van der Waals surface area contributed by atoms with Crippen molar-refractivity contribution in [2.45, 2.75) is 6.54 Å². The quantitative estimate of drug-likeness (QED) is 0.494. The summed E-state index contributed by atoms with van der Waals surface area (Å²) >= 11 is 5.76. The van der Waals surface area contributed by atoms with Gasteiger partial charge in [-0.1, -0.05) is 35.0 Å². The van der Waals surface area contributed by atoms with Gasteiger partial charge < -0.3 is 4.52 Å². The average Bonchev–Trinajstić information content (AvgIpc) is 3.17. The Bertz CT molecular complexity index is 1260. The number of rotatable bonds is 4. The first kappa shape index (κ1) is 17.9. The van der Waals surface area contributed by atoms with Gasteiger partial charge >= 0.3 is 11.1 Å². The number of hydrogen-bond acceptors (Lipinski definition) is 5. The van der Waals surface area contributed by atoms with E-state index in [2.05, 4.69) is 10.1 Å². The van der Waals surface area contributed by atoms with Crippen molar-refractivity contribution >= 4 is 11.6 Å². The van der Waals surface area contributed by atoms with Crippen LogP contribution in [0.25, 0.3) is 17.1 Å². The third-order valence-corrected chi connectivity index (χ3v) is 4.33. The summed E-state index contributed by atoms with van der Waals surface area (Å²) in [5.41, 5.74) is -0.368. The van der Waals surface area contributed by atoms with Gasteiger partial charge in [-0.3, -0.25) is 18.7 Å². The molecule has 0 fully saturated rings. The molecule has 140 valence electrons. The van der Waals surface area contributed by atoms with Crippen molar-refractivity contribution in [2.24, 2.45) is 0 Å². The molecule has 0 spiro atoms. The molecule has 4 aromatic rings. The lowest BCUT2D eigenvalue weighted by atomic mass is 10.2. The van der Waals surface area contributed by atoms with Gasteiger partial charge in [-0.15, -0.1) is 0 Å². The zero-order chi connectivity index (χ0) is 19.7. The minimum Gasteiger partial charge on any atom is -0.337 e. The number of aromatic nitrogens is 4. The van der Waals surface area contributed by atoms with Crippen LogP contribution >= 0.6 is 11.6 Å². The molecule has 0 aliphatic rings. The molecule has 0 atom stereocenters. The lowest BCUT2D eigenvalue weighted by Gasteiger charge is -2.07. The summed E-state index contributed by atoms with van der Waals surface area (Å²) in [4.78, 5) is 29.0. The van der Waals surface area contributed by atoms with E-state index in [0.717, 1.165) is 0 Å². The van der Waals surface area contributed by atoms with Crippen LogP contribution < -0.4 is 11.1 Å². The first-order valence-corrected chi connectivity index (χ1v) is 8.56. The topological polar surface area (TPSA) is 82.9 Å². The Kier molecular flexibility index (Phi) is 4.62. The average molecular weight is 399 g/mol. The fraction of sp³-hybridized carbons (Fsp3) is 0.0526. The summed E-state index contributed by atoms with van der Waals surface area (Å²) in [6.07, 6.45) is 2.96. The largest absolute Gasteiger partial charge is 0.337 e. The van der Waals surface area contributed by atoms with Crippen LogP contribution in [0.4, 0.5) is 4.39 Å². The summed E-state index contributed by atoms with van der Waals surface area (Å²) in [5.74, 6) is -0.239. The highest BCUT2D eigenvalue weighted by Gasteiger charge is 2.13. The van der Waals surface area contributed by atoms with Gasteiger partial charge in [0.15, 0.2) is 0 Å². The van der Waals surface area contributed by atoms with Crippen LogP contribution in [0.2, 0.25) is 5.02 Å². The Morgan fingerprint density at radius 2 is 1.82 bits per heavy atom. The minimum atomic E-state index is -0.726. The second-order valence-electron chi connectivity index (χ2n) is 5.88. The van der Waals surface area contributed by atoms with Gasteiger partial charge in [-0.2, -0.15) is 4.98 Å². The van der Waals surface area contributed by atoms with Crippen LogP contribution in [0, 0.1) is 5.82 Å². The van der Waals surface area contributed by atoms with Crippen LogP contribution in [0.3, 0.4) is 0 Å². The molecule has 0 N–H and O–H groups in total. The zero-order valence-electron chi connectivity index (χ0n) is 14.3. The van der Waals surface area contributed by atoms with Crippen molar-refractivity contribution in [2.75, 3.05) is 0 Å². The van der Waals surface area contributed by atoms with Crippen molar-refractivity contribution in [3.8, 4) is 17.1 Å². The van der Waals surface area contributed by atoms with Crippen molar-refractivity contribution in [1.29, 1.82) is 0 Å². The molecule has 0 saturated carbocycles. The Morgan fingerprint density at radius 1 is 1.04 bits per heavy atom. The third-order valence-electron chi connectivity index (χ3n) is 4.04. The maximum Gasteiger partial charge on any atom is 0.320 e. The van der Waals surface area contributed by atoms with Crippen LogP contribution in [0.5, 0.6) is 0 Å². The molecule has 9 heteroatoms. The van der Waals surface area contributed by atoms with E-state index in [9.17, 15) is 14.0 Å². The second-order valence-corrected chi connectivity index (χ2v) is 6.29. The SMILES string of the molecule is O=c1c(=O)n(-c2ccccc2)ccn1Cc1nc(-c2ccc(F)c(Cl)c2)no1. The van der Waals surface area contributed by atoms with Gasteiger partial charge in [0.1, 0.15) is 12.4 Å². The smallest absolute Gasteiger partial charge is 0.320 e. The summed E-state index contributed by atoms with van der Waals surface area (Å²) in [6, 6.07) is 12.8.